The second-order valence-corrected chi connectivity index (χ2v) is 6.42. The lowest BCUT2D eigenvalue weighted by molar-refractivity contribution is -0.146. The topological polar surface area (TPSA) is 66.5 Å². The van der Waals surface area contributed by atoms with Crippen molar-refractivity contribution in [2.75, 3.05) is 5.32 Å². The average Bonchev–Trinajstić information content (AvgIpc) is 2.86. The molecule has 0 bridgehead atoms. The van der Waals surface area contributed by atoms with E-state index in [2.05, 4.69) is 5.32 Å². The van der Waals surface area contributed by atoms with Crippen LogP contribution in [-0.4, -0.2) is 28.7 Å². The Bertz CT molecular complexity index is 684. The fourth-order valence-corrected chi connectivity index (χ4v) is 3.44. The van der Waals surface area contributed by atoms with Crippen molar-refractivity contribution in [2.24, 2.45) is 11.8 Å². The normalized spacial score (nSPS) is 24.0. The Hall–Kier alpha value is -2.43. The van der Waals surface area contributed by atoms with Gasteiger partial charge in [0.2, 0.25) is 17.7 Å². The molecule has 1 aromatic carbocycles. The Morgan fingerprint density at radius 2 is 1.83 bits per heavy atom. The molecule has 5 nitrogen and oxygen atoms in total. The number of carbonyl (C=O) groups is 3. The molecule has 1 aromatic rings. The zero-order valence-corrected chi connectivity index (χ0v) is 14.0. The van der Waals surface area contributed by atoms with E-state index in [1.807, 2.05) is 37.3 Å². The molecule has 1 N–H and O–H groups in total. The average molecular weight is 326 g/mol. The van der Waals surface area contributed by atoms with E-state index in [0.717, 1.165) is 16.9 Å². The summed E-state index contributed by atoms with van der Waals surface area (Å²) >= 11 is 0. The molecule has 2 aliphatic rings. The number of likely N-dealkylation sites (tertiary alicyclic amines) is 1. The van der Waals surface area contributed by atoms with Crippen LogP contribution in [0.2, 0.25) is 0 Å². The van der Waals surface area contributed by atoms with Gasteiger partial charge in [-0.05, 0) is 43.9 Å². The lowest BCUT2D eigenvalue weighted by Gasteiger charge is -2.22. The van der Waals surface area contributed by atoms with E-state index in [1.165, 1.54) is 0 Å². The Morgan fingerprint density at radius 1 is 1.21 bits per heavy atom. The van der Waals surface area contributed by atoms with Gasteiger partial charge in [-0.25, -0.2) is 0 Å². The molecule has 0 aromatic heterocycles. The first kappa shape index (κ1) is 16.4. The van der Waals surface area contributed by atoms with Crippen molar-refractivity contribution in [3.63, 3.8) is 0 Å². The minimum atomic E-state index is -0.805. The van der Waals surface area contributed by atoms with Crippen molar-refractivity contribution in [1.29, 1.82) is 0 Å². The fourth-order valence-electron chi connectivity index (χ4n) is 3.44. The first-order chi connectivity index (χ1) is 11.5. The third-order valence-corrected chi connectivity index (χ3v) is 4.91. The van der Waals surface area contributed by atoms with Crippen LogP contribution in [0.5, 0.6) is 0 Å². The molecule has 0 radical (unpaired) electrons. The van der Waals surface area contributed by atoms with Gasteiger partial charge >= 0.3 is 0 Å². The molecule has 0 spiro atoms. The molecule has 3 amide bonds. The van der Waals surface area contributed by atoms with E-state index >= 15 is 0 Å². The van der Waals surface area contributed by atoms with Gasteiger partial charge in [0.05, 0.1) is 11.8 Å². The predicted octanol–water partition coefficient (Wildman–Crippen LogP) is 2.53. The van der Waals surface area contributed by atoms with E-state index in [9.17, 15) is 14.4 Å². The molecule has 5 heteroatoms. The summed E-state index contributed by atoms with van der Waals surface area (Å²) in [6, 6.07) is 6.78. The zero-order valence-electron chi connectivity index (χ0n) is 14.0. The maximum Gasteiger partial charge on any atom is 0.247 e. The van der Waals surface area contributed by atoms with Crippen LogP contribution in [0.25, 0.3) is 0 Å². The first-order valence-electron chi connectivity index (χ1n) is 8.44. The summed E-state index contributed by atoms with van der Waals surface area (Å²) in [6.45, 7) is 3.65. The monoisotopic (exact) mass is 326 g/mol. The van der Waals surface area contributed by atoms with Crippen molar-refractivity contribution in [3.05, 3.63) is 42.0 Å². The molecule has 1 aliphatic carbocycles. The van der Waals surface area contributed by atoms with E-state index in [0.29, 0.717) is 18.5 Å². The summed E-state index contributed by atoms with van der Waals surface area (Å²) < 4.78 is 0. The van der Waals surface area contributed by atoms with Gasteiger partial charge in [0, 0.05) is 5.69 Å². The van der Waals surface area contributed by atoms with Crippen molar-refractivity contribution in [1.82, 2.24) is 4.90 Å². The van der Waals surface area contributed by atoms with E-state index in [4.69, 9.17) is 0 Å². The number of benzene rings is 1. The van der Waals surface area contributed by atoms with Gasteiger partial charge in [0.15, 0.2) is 0 Å². The zero-order chi connectivity index (χ0) is 17.3. The lowest BCUT2D eigenvalue weighted by Crippen LogP contribution is -2.46. The number of rotatable bonds is 4. The van der Waals surface area contributed by atoms with Gasteiger partial charge in [-0.2, -0.15) is 0 Å². The van der Waals surface area contributed by atoms with Gasteiger partial charge in [-0.3, -0.25) is 19.3 Å². The fraction of sp³-hybridized carbons (Fsp3) is 0.421. The van der Waals surface area contributed by atoms with E-state index in [-0.39, 0.29) is 29.6 Å². The van der Waals surface area contributed by atoms with Crippen LogP contribution in [-0.2, 0) is 20.8 Å². The maximum atomic E-state index is 12.5. The number of nitrogens with zero attached hydrogens (tertiary/aromatic N) is 1. The van der Waals surface area contributed by atoms with Crippen LogP contribution in [0.15, 0.2) is 36.4 Å². The standard InChI is InChI=1S/C19H22N2O3/c1-3-13-7-6-8-14(11-13)20-17(22)12(2)21-18(23)15-9-4-5-10-16(15)19(21)24/h4-8,11-12,15-16H,3,9-10H2,1-2H3,(H,20,22)/t12-,15-,16-/m0/s1. The van der Waals surface area contributed by atoms with Gasteiger partial charge in [0.1, 0.15) is 6.04 Å². The number of amides is 3. The number of fused-ring (bicyclic) bond motifs is 1. The van der Waals surface area contributed by atoms with Crippen LogP contribution in [0, 0.1) is 11.8 Å². The molecule has 1 saturated heterocycles. The third-order valence-electron chi connectivity index (χ3n) is 4.91. The number of allylic oxidation sites excluding steroid dienone is 2. The quantitative estimate of drug-likeness (QED) is 0.683. The molecular formula is C19H22N2O3. The molecular weight excluding hydrogens is 304 g/mol. The van der Waals surface area contributed by atoms with Crippen molar-refractivity contribution in [2.45, 2.75) is 39.2 Å². The number of imide groups is 1. The molecule has 1 fully saturated rings. The van der Waals surface area contributed by atoms with Gasteiger partial charge < -0.3 is 5.32 Å². The third kappa shape index (κ3) is 2.86. The molecule has 0 saturated carbocycles. The van der Waals surface area contributed by atoms with Crippen molar-refractivity contribution >= 4 is 23.4 Å². The number of hydrogen-bond donors (Lipinski definition) is 1. The Kier molecular flexibility index (Phi) is 4.51. The highest BCUT2D eigenvalue weighted by Gasteiger charge is 2.50. The van der Waals surface area contributed by atoms with Crippen LogP contribution in [0.3, 0.4) is 0 Å². The highest BCUT2D eigenvalue weighted by molar-refractivity contribution is 6.10. The molecule has 3 rings (SSSR count). The lowest BCUT2D eigenvalue weighted by atomic mass is 9.85. The van der Waals surface area contributed by atoms with Gasteiger partial charge in [0.25, 0.3) is 0 Å². The summed E-state index contributed by atoms with van der Waals surface area (Å²) in [7, 11) is 0. The Morgan fingerprint density at radius 3 is 2.42 bits per heavy atom. The van der Waals surface area contributed by atoms with Crippen LogP contribution >= 0.6 is 0 Å². The van der Waals surface area contributed by atoms with E-state index in [1.54, 1.807) is 13.0 Å². The molecule has 1 heterocycles. The maximum absolute atomic E-state index is 12.5. The molecule has 3 atom stereocenters. The van der Waals surface area contributed by atoms with Crippen molar-refractivity contribution < 1.29 is 14.4 Å². The summed E-state index contributed by atoms with van der Waals surface area (Å²) in [6.07, 6.45) is 5.92. The summed E-state index contributed by atoms with van der Waals surface area (Å²) in [5.74, 6) is -1.39. The minimum Gasteiger partial charge on any atom is -0.324 e. The largest absolute Gasteiger partial charge is 0.324 e. The summed E-state index contributed by atoms with van der Waals surface area (Å²) in [5.41, 5.74) is 1.80. The smallest absolute Gasteiger partial charge is 0.247 e. The number of aryl methyl sites for hydroxylation is 1. The van der Waals surface area contributed by atoms with Crippen LogP contribution in [0.1, 0.15) is 32.3 Å². The molecule has 126 valence electrons. The summed E-state index contributed by atoms with van der Waals surface area (Å²) in [4.78, 5) is 38.8. The highest BCUT2D eigenvalue weighted by Crippen LogP contribution is 2.36. The van der Waals surface area contributed by atoms with Crippen LogP contribution in [0.4, 0.5) is 5.69 Å². The predicted molar refractivity (Wildman–Crippen MR) is 91.1 cm³/mol. The number of anilines is 1. The number of hydrogen-bond acceptors (Lipinski definition) is 3. The molecule has 24 heavy (non-hydrogen) atoms. The Balaban J connectivity index is 1.73. The summed E-state index contributed by atoms with van der Waals surface area (Å²) in [5, 5.41) is 2.82. The highest BCUT2D eigenvalue weighted by atomic mass is 16.2. The number of nitrogens with one attached hydrogen (secondary N) is 1. The Labute approximate surface area is 141 Å². The van der Waals surface area contributed by atoms with E-state index < -0.39 is 6.04 Å². The molecule has 1 aliphatic heterocycles. The van der Waals surface area contributed by atoms with Gasteiger partial charge in [-0.15, -0.1) is 0 Å². The first-order valence-corrected chi connectivity index (χ1v) is 8.44. The second kappa shape index (κ2) is 6.59. The SMILES string of the molecule is CCc1cccc(NC(=O)[C@H](C)N2C(=O)[C@H]3CC=CC[C@@H]3C2=O)c1. The van der Waals surface area contributed by atoms with Gasteiger partial charge in [-0.1, -0.05) is 31.2 Å². The van der Waals surface area contributed by atoms with Crippen LogP contribution < -0.4 is 5.32 Å². The molecule has 0 unspecified atom stereocenters. The minimum absolute atomic E-state index is 0.223. The van der Waals surface area contributed by atoms with Crippen molar-refractivity contribution in [3.8, 4) is 0 Å². The number of carbonyl (C=O) groups excluding carboxylic acids is 3. The second-order valence-electron chi connectivity index (χ2n) is 6.42.